The fourth-order valence-corrected chi connectivity index (χ4v) is 1.40. The normalized spacial score (nSPS) is 12.9. The van der Waals surface area contributed by atoms with Crippen LogP contribution >= 0.6 is 0 Å². The highest BCUT2D eigenvalue weighted by Crippen LogP contribution is 2.11. The number of fused-ring (bicyclic) bond motifs is 1. The summed E-state index contributed by atoms with van der Waals surface area (Å²) in [7, 11) is 0. The standard InChI is InChI=1S/C8H8BFO.C3H6/c1-9-8-3-2-7(10)4-6(8)5-11-9;1-3-2/h2-4H,5H2,1H3;3H,1H2,2H3. The largest absolute Gasteiger partial charge is 0.427 e. The summed E-state index contributed by atoms with van der Waals surface area (Å²) in [4.78, 5) is 0. The summed E-state index contributed by atoms with van der Waals surface area (Å²) in [5.74, 6) is -0.179. The van der Waals surface area contributed by atoms with Crippen LogP contribution in [0.2, 0.25) is 6.82 Å². The second-order valence-corrected chi connectivity index (χ2v) is 3.20. The van der Waals surface area contributed by atoms with E-state index in [0.717, 1.165) is 11.0 Å². The van der Waals surface area contributed by atoms with E-state index >= 15 is 0 Å². The molecule has 2 rings (SSSR count). The summed E-state index contributed by atoms with van der Waals surface area (Å²) in [5.41, 5.74) is 2.10. The molecule has 0 unspecified atom stereocenters. The minimum atomic E-state index is -0.179. The molecule has 0 aliphatic carbocycles. The maximum Gasteiger partial charge on any atom is 0.324 e. The van der Waals surface area contributed by atoms with Gasteiger partial charge in [-0.2, -0.15) is 0 Å². The molecule has 0 amide bonds. The van der Waals surface area contributed by atoms with Gasteiger partial charge >= 0.3 is 6.92 Å². The van der Waals surface area contributed by atoms with Crippen molar-refractivity contribution < 1.29 is 9.04 Å². The van der Waals surface area contributed by atoms with Crippen molar-refractivity contribution in [3.63, 3.8) is 0 Å². The second kappa shape index (κ2) is 4.96. The van der Waals surface area contributed by atoms with E-state index in [1.54, 1.807) is 18.2 Å². The maximum absolute atomic E-state index is 12.6. The summed E-state index contributed by atoms with van der Waals surface area (Å²) in [5, 5.41) is 0. The van der Waals surface area contributed by atoms with E-state index in [4.69, 9.17) is 4.65 Å². The third kappa shape index (κ3) is 2.45. The van der Waals surface area contributed by atoms with Crippen LogP contribution in [0.15, 0.2) is 30.9 Å². The van der Waals surface area contributed by atoms with Gasteiger partial charge < -0.3 is 4.65 Å². The maximum atomic E-state index is 12.6. The first kappa shape index (κ1) is 11.0. The summed E-state index contributed by atoms with van der Waals surface area (Å²) in [6.07, 6.45) is 1.75. The number of allylic oxidation sites excluding steroid dienone is 1. The fourth-order valence-electron chi connectivity index (χ4n) is 1.40. The molecule has 1 aromatic rings. The molecule has 1 nitrogen and oxygen atoms in total. The van der Waals surface area contributed by atoms with Crippen LogP contribution in [-0.2, 0) is 11.3 Å². The lowest BCUT2D eigenvalue weighted by Gasteiger charge is -1.97. The first-order valence-corrected chi connectivity index (χ1v) is 4.66. The van der Waals surface area contributed by atoms with Gasteiger partial charge in [-0.1, -0.05) is 19.0 Å². The van der Waals surface area contributed by atoms with E-state index in [1.165, 1.54) is 6.07 Å². The van der Waals surface area contributed by atoms with Gasteiger partial charge in [0.05, 0.1) is 6.61 Å². The van der Waals surface area contributed by atoms with Gasteiger partial charge in [0, 0.05) is 0 Å². The first-order valence-electron chi connectivity index (χ1n) is 4.66. The van der Waals surface area contributed by atoms with Crippen LogP contribution in [0.3, 0.4) is 0 Å². The smallest absolute Gasteiger partial charge is 0.324 e. The van der Waals surface area contributed by atoms with Crippen molar-refractivity contribution >= 4 is 12.4 Å². The molecule has 74 valence electrons. The zero-order valence-corrected chi connectivity index (χ0v) is 8.59. The van der Waals surface area contributed by atoms with Crippen molar-refractivity contribution in [1.29, 1.82) is 0 Å². The third-order valence-corrected chi connectivity index (χ3v) is 2.03. The van der Waals surface area contributed by atoms with Gasteiger partial charge in [0.15, 0.2) is 0 Å². The van der Waals surface area contributed by atoms with Crippen LogP contribution in [0.4, 0.5) is 4.39 Å². The van der Waals surface area contributed by atoms with Crippen LogP contribution in [0, 0.1) is 5.82 Å². The molecular weight excluding hydrogens is 178 g/mol. The summed E-state index contributed by atoms with van der Waals surface area (Å²) >= 11 is 0. The molecule has 1 heterocycles. The van der Waals surface area contributed by atoms with Crippen molar-refractivity contribution in [2.45, 2.75) is 20.4 Å². The van der Waals surface area contributed by atoms with Crippen LogP contribution in [0.1, 0.15) is 12.5 Å². The van der Waals surface area contributed by atoms with Crippen LogP contribution < -0.4 is 5.46 Å². The predicted molar refractivity (Wildman–Crippen MR) is 58.3 cm³/mol. The average Bonchev–Trinajstić information content (AvgIpc) is 2.49. The number of hydrogen-bond donors (Lipinski definition) is 0. The van der Waals surface area contributed by atoms with Gasteiger partial charge in [-0.05, 0) is 30.1 Å². The number of hydrogen-bond acceptors (Lipinski definition) is 1. The van der Waals surface area contributed by atoms with Gasteiger partial charge in [0.25, 0.3) is 0 Å². The molecule has 0 bridgehead atoms. The van der Waals surface area contributed by atoms with Crippen LogP contribution in [0.25, 0.3) is 0 Å². The topological polar surface area (TPSA) is 9.23 Å². The monoisotopic (exact) mass is 192 g/mol. The van der Waals surface area contributed by atoms with E-state index in [0.29, 0.717) is 6.61 Å². The second-order valence-electron chi connectivity index (χ2n) is 3.20. The Hall–Kier alpha value is -1.09. The van der Waals surface area contributed by atoms with E-state index in [9.17, 15) is 4.39 Å². The van der Waals surface area contributed by atoms with Crippen molar-refractivity contribution in [3.8, 4) is 0 Å². The van der Waals surface area contributed by atoms with E-state index in [1.807, 2.05) is 13.7 Å². The van der Waals surface area contributed by atoms with E-state index in [2.05, 4.69) is 6.58 Å². The lowest BCUT2D eigenvalue weighted by Crippen LogP contribution is -2.23. The van der Waals surface area contributed by atoms with Crippen molar-refractivity contribution in [2.24, 2.45) is 0 Å². The molecule has 3 heteroatoms. The predicted octanol–water partition coefficient (Wildman–Crippen LogP) is 2.38. The van der Waals surface area contributed by atoms with Gasteiger partial charge in [-0.15, -0.1) is 6.58 Å². The lowest BCUT2D eigenvalue weighted by atomic mass is 9.64. The Morgan fingerprint density at radius 1 is 1.57 bits per heavy atom. The van der Waals surface area contributed by atoms with E-state index in [-0.39, 0.29) is 12.7 Å². The summed E-state index contributed by atoms with van der Waals surface area (Å²) < 4.78 is 17.9. The number of rotatable bonds is 0. The highest BCUT2D eigenvalue weighted by Gasteiger charge is 2.22. The van der Waals surface area contributed by atoms with Crippen molar-refractivity contribution in [3.05, 3.63) is 42.2 Å². The molecule has 0 radical (unpaired) electrons. The van der Waals surface area contributed by atoms with Crippen LogP contribution in [0.5, 0.6) is 0 Å². The quantitative estimate of drug-likeness (QED) is 0.453. The minimum Gasteiger partial charge on any atom is -0.427 e. The molecule has 1 aliphatic heterocycles. The molecule has 0 spiro atoms. The Balaban J connectivity index is 0.000000293. The first-order chi connectivity index (χ1) is 6.69. The number of halogens is 1. The molecule has 0 saturated heterocycles. The lowest BCUT2D eigenvalue weighted by molar-refractivity contribution is 0.333. The molecule has 1 aliphatic rings. The molecule has 0 atom stereocenters. The van der Waals surface area contributed by atoms with Gasteiger partial charge in [-0.25, -0.2) is 4.39 Å². The molecule has 14 heavy (non-hydrogen) atoms. The Bertz CT molecular complexity index is 325. The van der Waals surface area contributed by atoms with Crippen molar-refractivity contribution in [2.75, 3.05) is 0 Å². The summed E-state index contributed by atoms with van der Waals surface area (Å²) in [6.45, 7) is 7.91. The zero-order valence-electron chi connectivity index (χ0n) is 8.59. The molecule has 1 aromatic carbocycles. The Morgan fingerprint density at radius 3 is 2.86 bits per heavy atom. The molecule has 0 N–H and O–H groups in total. The third-order valence-electron chi connectivity index (χ3n) is 2.03. The zero-order chi connectivity index (χ0) is 10.6. The van der Waals surface area contributed by atoms with Gasteiger partial charge in [0.2, 0.25) is 0 Å². The van der Waals surface area contributed by atoms with Gasteiger partial charge in [0.1, 0.15) is 5.82 Å². The van der Waals surface area contributed by atoms with Crippen LogP contribution in [-0.4, -0.2) is 6.92 Å². The number of benzene rings is 1. The Morgan fingerprint density at radius 2 is 2.21 bits per heavy atom. The highest BCUT2D eigenvalue weighted by molar-refractivity contribution is 6.67. The molecule has 0 fully saturated rings. The summed E-state index contributed by atoms with van der Waals surface area (Å²) in [6, 6.07) is 4.81. The average molecular weight is 192 g/mol. The molecular formula is C11H14BFO. The van der Waals surface area contributed by atoms with Gasteiger partial charge in [-0.3, -0.25) is 0 Å². The molecule has 0 aromatic heterocycles. The van der Waals surface area contributed by atoms with Crippen molar-refractivity contribution in [1.82, 2.24) is 0 Å². The van der Waals surface area contributed by atoms with E-state index < -0.39 is 0 Å². The fraction of sp³-hybridized carbons (Fsp3) is 0.273. The molecule has 0 saturated carbocycles. The minimum absolute atomic E-state index is 0.130. The highest BCUT2D eigenvalue weighted by atomic mass is 19.1. The SMILES string of the molecule is C=CC.CB1OCc2cc(F)ccc21. The Kier molecular flexibility index (Phi) is 3.90. The Labute approximate surface area is 84.7 Å².